The molecule has 110 valence electrons. The number of rotatable bonds is 3. The van der Waals surface area contributed by atoms with Crippen molar-refractivity contribution in [2.24, 2.45) is 0 Å². The lowest BCUT2D eigenvalue weighted by atomic mass is 10.1. The van der Waals surface area contributed by atoms with E-state index in [9.17, 15) is 9.59 Å². The van der Waals surface area contributed by atoms with Gasteiger partial charge in [0, 0.05) is 30.2 Å². The number of ketones is 1. The number of ether oxygens (including phenoxy) is 1. The predicted octanol–water partition coefficient (Wildman–Crippen LogP) is 1.77. The molecule has 1 fully saturated rings. The molecule has 0 unspecified atom stereocenters. The van der Waals surface area contributed by atoms with Crippen LogP contribution in [0, 0.1) is 0 Å². The van der Waals surface area contributed by atoms with Gasteiger partial charge in [-0.3, -0.25) is 9.59 Å². The van der Waals surface area contributed by atoms with E-state index in [0.717, 1.165) is 17.3 Å². The normalized spacial score (nSPS) is 15.4. The minimum atomic E-state index is -0.451. The van der Waals surface area contributed by atoms with Crippen LogP contribution in [-0.4, -0.2) is 47.9 Å². The highest BCUT2D eigenvalue weighted by molar-refractivity contribution is 6.44. The van der Waals surface area contributed by atoms with Crippen molar-refractivity contribution in [2.45, 2.75) is 13.3 Å². The van der Waals surface area contributed by atoms with E-state index < -0.39 is 11.7 Å². The summed E-state index contributed by atoms with van der Waals surface area (Å²) in [6.45, 7) is 4.03. The summed E-state index contributed by atoms with van der Waals surface area (Å²) in [6, 6.07) is 5.92. The van der Waals surface area contributed by atoms with Gasteiger partial charge in [-0.1, -0.05) is 19.1 Å². The Balaban J connectivity index is 1.89. The number of nitrogens with one attached hydrogen (secondary N) is 1. The van der Waals surface area contributed by atoms with E-state index in [0.29, 0.717) is 31.9 Å². The third-order valence-electron chi connectivity index (χ3n) is 3.89. The number of carbonyl (C=O) groups excluding carboxylic acids is 2. The topological polar surface area (TPSA) is 62.4 Å². The molecule has 1 aromatic carbocycles. The van der Waals surface area contributed by atoms with Gasteiger partial charge >= 0.3 is 0 Å². The predicted molar refractivity (Wildman–Crippen MR) is 79.4 cm³/mol. The average molecular weight is 286 g/mol. The van der Waals surface area contributed by atoms with Crippen molar-refractivity contribution in [3.63, 3.8) is 0 Å². The van der Waals surface area contributed by atoms with Gasteiger partial charge < -0.3 is 14.6 Å². The maximum absolute atomic E-state index is 12.4. The second-order valence-electron chi connectivity index (χ2n) is 5.17. The molecule has 0 aliphatic carbocycles. The van der Waals surface area contributed by atoms with Gasteiger partial charge in [-0.2, -0.15) is 0 Å². The van der Waals surface area contributed by atoms with E-state index in [1.54, 1.807) is 11.1 Å². The molecule has 0 atom stereocenters. The smallest absolute Gasteiger partial charge is 0.295 e. The summed E-state index contributed by atoms with van der Waals surface area (Å²) in [5.74, 6) is -0.897. The van der Waals surface area contributed by atoms with E-state index in [1.165, 1.54) is 5.56 Å². The van der Waals surface area contributed by atoms with Crippen LogP contribution in [0.2, 0.25) is 0 Å². The molecule has 21 heavy (non-hydrogen) atoms. The molecule has 0 radical (unpaired) electrons. The molecule has 2 heterocycles. The second kappa shape index (κ2) is 5.69. The van der Waals surface area contributed by atoms with Crippen LogP contribution in [0.15, 0.2) is 24.4 Å². The molecule has 1 aliphatic heterocycles. The molecule has 2 aromatic rings. The van der Waals surface area contributed by atoms with Crippen LogP contribution in [0.5, 0.6) is 0 Å². The molecular weight excluding hydrogens is 268 g/mol. The Bertz CT molecular complexity index is 684. The molecule has 0 saturated carbocycles. The molecular formula is C16H18N2O3. The fourth-order valence-corrected chi connectivity index (χ4v) is 2.61. The monoisotopic (exact) mass is 286 g/mol. The number of morpholine rings is 1. The number of carbonyl (C=O) groups is 2. The van der Waals surface area contributed by atoms with E-state index in [1.807, 2.05) is 18.2 Å². The van der Waals surface area contributed by atoms with Crippen molar-refractivity contribution in [1.29, 1.82) is 0 Å². The number of hydrogen-bond acceptors (Lipinski definition) is 3. The number of H-pyrrole nitrogens is 1. The van der Waals surface area contributed by atoms with Crippen LogP contribution in [-0.2, 0) is 16.0 Å². The Hall–Kier alpha value is -2.14. The Kier molecular flexibility index (Phi) is 3.75. The highest BCUT2D eigenvalue weighted by atomic mass is 16.5. The number of aromatic nitrogens is 1. The minimum Gasteiger partial charge on any atom is -0.378 e. The average Bonchev–Trinajstić information content (AvgIpc) is 2.97. The largest absolute Gasteiger partial charge is 0.378 e. The molecule has 3 rings (SSSR count). The fourth-order valence-electron chi connectivity index (χ4n) is 2.61. The van der Waals surface area contributed by atoms with Crippen molar-refractivity contribution in [3.8, 4) is 0 Å². The summed E-state index contributed by atoms with van der Waals surface area (Å²) >= 11 is 0. The number of aromatic amines is 1. The summed E-state index contributed by atoms with van der Waals surface area (Å²) in [5, 5.41) is 0.804. The molecule has 0 spiro atoms. The van der Waals surface area contributed by atoms with Crippen molar-refractivity contribution < 1.29 is 14.3 Å². The number of nitrogens with zero attached hydrogens (tertiary/aromatic N) is 1. The lowest BCUT2D eigenvalue weighted by molar-refractivity contribution is -0.130. The maximum Gasteiger partial charge on any atom is 0.295 e. The summed E-state index contributed by atoms with van der Waals surface area (Å²) in [6.07, 6.45) is 2.57. The van der Waals surface area contributed by atoms with E-state index in [4.69, 9.17) is 4.74 Å². The van der Waals surface area contributed by atoms with Gasteiger partial charge in [-0.05, 0) is 18.1 Å². The quantitative estimate of drug-likeness (QED) is 0.691. The van der Waals surface area contributed by atoms with Gasteiger partial charge in [0.25, 0.3) is 11.7 Å². The summed E-state index contributed by atoms with van der Waals surface area (Å²) in [5.41, 5.74) is 2.54. The van der Waals surface area contributed by atoms with E-state index >= 15 is 0 Å². The molecule has 1 saturated heterocycles. The molecule has 1 N–H and O–H groups in total. The lowest BCUT2D eigenvalue weighted by Crippen LogP contribution is -2.44. The zero-order valence-corrected chi connectivity index (χ0v) is 12.0. The Morgan fingerprint density at radius 1 is 1.29 bits per heavy atom. The molecule has 5 nitrogen and oxygen atoms in total. The number of hydrogen-bond donors (Lipinski definition) is 1. The maximum atomic E-state index is 12.4. The van der Waals surface area contributed by atoms with Gasteiger partial charge in [-0.15, -0.1) is 0 Å². The number of benzene rings is 1. The first-order valence-corrected chi connectivity index (χ1v) is 7.22. The van der Waals surface area contributed by atoms with Crippen molar-refractivity contribution in [3.05, 3.63) is 35.5 Å². The summed E-state index contributed by atoms with van der Waals surface area (Å²) < 4.78 is 5.20. The third kappa shape index (κ3) is 2.56. The first-order valence-electron chi connectivity index (χ1n) is 7.22. The molecule has 1 amide bonds. The third-order valence-corrected chi connectivity index (χ3v) is 3.89. The van der Waals surface area contributed by atoms with Crippen molar-refractivity contribution in [1.82, 2.24) is 9.88 Å². The van der Waals surface area contributed by atoms with Crippen LogP contribution < -0.4 is 0 Å². The SMILES string of the molecule is CCc1ccc2c(C(=O)C(=O)N3CCOCC3)c[nH]c2c1. The minimum absolute atomic E-state index is 0.446. The number of aryl methyl sites for hydroxylation is 1. The molecule has 1 aliphatic rings. The van der Waals surface area contributed by atoms with Crippen LogP contribution in [0.1, 0.15) is 22.8 Å². The zero-order valence-electron chi connectivity index (χ0n) is 12.0. The van der Waals surface area contributed by atoms with Crippen LogP contribution in [0.25, 0.3) is 10.9 Å². The highest BCUT2D eigenvalue weighted by Gasteiger charge is 2.26. The van der Waals surface area contributed by atoms with E-state index in [-0.39, 0.29) is 0 Å². The first-order chi connectivity index (χ1) is 10.2. The van der Waals surface area contributed by atoms with Gasteiger partial charge in [0.15, 0.2) is 0 Å². The standard InChI is InChI=1S/C16H18N2O3/c1-2-11-3-4-12-13(10-17-14(12)9-11)15(19)16(20)18-5-7-21-8-6-18/h3-4,9-10,17H,2,5-8H2,1H3. The number of amides is 1. The Morgan fingerprint density at radius 3 is 2.76 bits per heavy atom. The first kappa shape index (κ1) is 13.8. The van der Waals surface area contributed by atoms with Crippen molar-refractivity contribution >= 4 is 22.6 Å². The van der Waals surface area contributed by atoms with Gasteiger partial charge in [-0.25, -0.2) is 0 Å². The van der Waals surface area contributed by atoms with Gasteiger partial charge in [0.2, 0.25) is 0 Å². The lowest BCUT2D eigenvalue weighted by Gasteiger charge is -2.25. The van der Waals surface area contributed by atoms with Crippen molar-refractivity contribution in [2.75, 3.05) is 26.3 Å². The summed E-state index contributed by atoms with van der Waals surface area (Å²) in [7, 11) is 0. The molecule has 5 heteroatoms. The van der Waals surface area contributed by atoms with Crippen LogP contribution in [0.3, 0.4) is 0 Å². The number of Topliss-reactive ketones (excluding diaryl/α,β-unsaturated/α-hetero) is 1. The zero-order chi connectivity index (χ0) is 14.8. The van der Waals surface area contributed by atoms with Crippen LogP contribution >= 0.6 is 0 Å². The highest BCUT2D eigenvalue weighted by Crippen LogP contribution is 2.21. The van der Waals surface area contributed by atoms with Gasteiger partial charge in [0.1, 0.15) is 0 Å². The fraction of sp³-hybridized carbons (Fsp3) is 0.375. The van der Waals surface area contributed by atoms with E-state index in [2.05, 4.69) is 11.9 Å². The Labute approximate surface area is 122 Å². The molecule has 0 bridgehead atoms. The Morgan fingerprint density at radius 2 is 2.05 bits per heavy atom. The van der Waals surface area contributed by atoms with Gasteiger partial charge in [0.05, 0.1) is 18.8 Å². The summed E-state index contributed by atoms with van der Waals surface area (Å²) in [4.78, 5) is 29.3. The number of fused-ring (bicyclic) bond motifs is 1. The van der Waals surface area contributed by atoms with Crippen LogP contribution in [0.4, 0.5) is 0 Å². The molecule has 1 aromatic heterocycles. The second-order valence-corrected chi connectivity index (χ2v) is 5.17.